The lowest BCUT2D eigenvalue weighted by Gasteiger charge is -2.19. The third kappa shape index (κ3) is 7.69. The van der Waals surface area contributed by atoms with Crippen LogP contribution in [0.3, 0.4) is 0 Å². The molecule has 51 heavy (non-hydrogen) atoms. The van der Waals surface area contributed by atoms with E-state index in [1.807, 2.05) is 29.0 Å². The minimum atomic E-state index is -5.66. The Morgan fingerprint density at radius 3 is 1.86 bits per heavy atom. The van der Waals surface area contributed by atoms with Crippen LogP contribution in [-0.4, -0.2) is 21.3 Å². The molecule has 0 saturated carbocycles. The number of para-hydroxylation sites is 1. The zero-order valence-electron chi connectivity index (χ0n) is 28.9. The van der Waals surface area contributed by atoms with Gasteiger partial charge in [0, 0.05) is 12.5 Å². The smallest absolute Gasteiger partial charge is 0.422 e. The monoisotopic (exact) mass is 716 g/mol. The number of nitrogens with zero attached hydrogens (tertiary/aromatic N) is 1. The molecule has 0 fully saturated rings. The fourth-order valence-corrected chi connectivity index (χ4v) is 5.95. The number of methoxy groups -OCH3 is 3. The third-order valence-corrected chi connectivity index (χ3v) is 8.74. The van der Waals surface area contributed by atoms with Gasteiger partial charge in [0.15, 0.2) is 64.7 Å². The van der Waals surface area contributed by atoms with E-state index in [0.29, 0.717) is 29.9 Å². The van der Waals surface area contributed by atoms with E-state index in [-0.39, 0.29) is 23.5 Å². The summed E-state index contributed by atoms with van der Waals surface area (Å²) in [5, 5.41) is 1.74. The molecule has 270 valence electrons. The van der Waals surface area contributed by atoms with E-state index in [2.05, 4.69) is 45.0 Å². The second-order valence-electron chi connectivity index (χ2n) is 13.0. The molecule has 5 nitrogen and oxygen atoms in total. The van der Waals surface area contributed by atoms with Crippen LogP contribution < -0.4 is 23.5 Å². The van der Waals surface area contributed by atoms with Crippen molar-refractivity contribution in [1.29, 1.82) is 0 Å². The lowest BCUT2D eigenvalue weighted by Crippen LogP contribution is -2.39. The first-order chi connectivity index (χ1) is 24.1. The summed E-state index contributed by atoms with van der Waals surface area (Å²) >= 11 is 0. The van der Waals surface area contributed by atoms with E-state index in [1.165, 1.54) is 25.8 Å². The largest absolute Gasteiger partial charge is 0.493 e. The summed E-state index contributed by atoms with van der Waals surface area (Å²) in [6, 6.07) is 18.9. The molecule has 0 amide bonds. The van der Waals surface area contributed by atoms with E-state index in [1.54, 1.807) is 19.2 Å². The van der Waals surface area contributed by atoms with Crippen molar-refractivity contribution >= 4 is 10.8 Å². The summed E-state index contributed by atoms with van der Waals surface area (Å²) < 4.78 is 122. The van der Waals surface area contributed by atoms with Crippen LogP contribution in [0.1, 0.15) is 54.3 Å². The molecule has 0 bridgehead atoms. The first-order valence-electron chi connectivity index (χ1n) is 16.0. The number of hydrogen-bond acceptors (Lipinski definition) is 4. The summed E-state index contributed by atoms with van der Waals surface area (Å²) in [6.45, 7) is 5.44. The van der Waals surface area contributed by atoms with Crippen LogP contribution in [0.15, 0.2) is 66.9 Å². The average Bonchev–Trinajstić information content (AvgIpc) is 3.09. The number of benzene rings is 4. The Morgan fingerprint density at radius 2 is 1.29 bits per heavy atom. The van der Waals surface area contributed by atoms with Gasteiger partial charge in [0.2, 0.25) is 0 Å². The number of alkyl halides is 3. The van der Waals surface area contributed by atoms with Gasteiger partial charge in [0.1, 0.15) is 12.2 Å². The van der Waals surface area contributed by atoms with Gasteiger partial charge in [-0.2, -0.15) is 17.7 Å². The Balaban J connectivity index is 1.55. The molecule has 0 radical (unpaired) electrons. The highest BCUT2D eigenvalue weighted by Crippen LogP contribution is 2.39. The quantitative estimate of drug-likeness (QED) is 0.0776. The number of aromatic nitrogens is 1. The van der Waals surface area contributed by atoms with Crippen molar-refractivity contribution in [3.8, 4) is 23.0 Å². The lowest BCUT2D eigenvalue weighted by atomic mass is 9.86. The van der Waals surface area contributed by atoms with E-state index < -0.39 is 47.2 Å². The Labute approximate surface area is 291 Å². The zero-order chi connectivity index (χ0) is 37.2. The van der Waals surface area contributed by atoms with Crippen LogP contribution >= 0.6 is 0 Å². The maximum atomic E-state index is 14.8. The Morgan fingerprint density at radius 1 is 0.686 bits per heavy atom. The van der Waals surface area contributed by atoms with Crippen molar-refractivity contribution in [3.63, 3.8) is 0 Å². The number of halogens is 7. The van der Waals surface area contributed by atoms with Crippen molar-refractivity contribution in [1.82, 2.24) is 0 Å². The van der Waals surface area contributed by atoms with Gasteiger partial charge in [-0.05, 0) is 52.6 Å². The van der Waals surface area contributed by atoms with Crippen LogP contribution in [0, 0.1) is 23.3 Å². The fraction of sp³-hybridized carbons (Fsp3) is 0.308. The minimum absolute atomic E-state index is 0.00427. The molecule has 0 N–H and O–H groups in total. The van der Waals surface area contributed by atoms with Gasteiger partial charge in [-0.25, -0.2) is 17.6 Å². The Bertz CT molecular complexity index is 2030. The van der Waals surface area contributed by atoms with Crippen molar-refractivity contribution in [2.24, 2.45) is 0 Å². The SMILES string of the molecule is COc1cc2cc[n+](Cc3cccc(OC)c3OCc3c(F)c(F)c(C(F)(F)F)c(F)c3F)c(CCc3ccc(C(C)(C)C)cc3)c2cc1OC. The molecule has 0 unspecified atom stereocenters. The third-order valence-electron chi connectivity index (χ3n) is 8.74. The van der Waals surface area contributed by atoms with Crippen molar-refractivity contribution in [3.05, 3.63) is 124 Å². The van der Waals surface area contributed by atoms with Crippen molar-refractivity contribution < 1.29 is 54.2 Å². The van der Waals surface area contributed by atoms with E-state index in [4.69, 9.17) is 18.9 Å². The van der Waals surface area contributed by atoms with E-state index in [9.17, 15) is 30.7 Å². The maximum Gasteiger partial charge on any atom is 0.422 e. The Kier molecular flexibility index (Phi) is 10.7. The molecule has 12 heteroatoms. The molecule has 0 saturated heterocycles. The first-order valence-corrected chi connectivity index (χ1v) is 16.0. The van der Waals surface area contributed by atoms with Gasteiger partial charge in [-0.3, -0.25) is 0 Å². The lowest BCUT2D eigenvalue weighted by molar-refractivity contribution is -0.694. The van der Waals surface area contributed by atoms with Crippen LogP contribution in [-0.2, 0) is 37.6 Å². The van der Waals surface area contributed by atoms with E-state index in [0.717, 1.165) is 22.0 Å². The topological polar surface area (TPSA) is 40.8 Å². The van der Waals surface area contributed by atoms with Crippen molar-refractivity contribution in [2.45, 2.75) is 58.4 Å². The number of pyridine rings is 1. The number of fused-ring (bicyclic) bond motifs is 1. The highest BCUT2D eigenvalue weighted by Gasteiger charge is 2.42. The number of hydrogen-bond donors (Lipinski definition) is 0. The molecule has 1 heterocycles. The molecule has 4 aromatic carbocycles. The molecule has 0 aliphatic heterocycles. The predicted molar refractivity (Wildman–Crippen MR) is 178 cm³/mol. The highest BCUT2D eigenvalue weighted by atomic mass is 19.4. The molecule has 0 atom stereocenters. The van der Waals surface area contributed by atoms with Crippen molar-refractivity contribution in [2.75, 3.05) is 21.3 Å². The van der Waals surface area contributed by atoms with Gasteiger partial charge in [0.25, 0.3) is 0 Å². The molecule has 5 aromatic rings. The van der Waals surface area contributed by atoms with Crippen LogP contribution in [0.25, 0.3) is 10.8 Å². The van der Waals surface area contributed by atoms with Crippen LogP contribution in [0.5, 0.6) is 23.0 Å². The second kappa shape index (κ2) is 14.7. The number of ether oxygens (including phenoxy) is 4. The molecular weight excluding hydrogens is 679 g/mol. The van der Waals surface area contributed by atoms with Crippen LogP contribution in [0.4, 0.5) is 30.7 Å². The van der Waals surface area contributed by atoms with Gasteiger partial charge < -0.3 is 18.9 Å². The average molecular weight is 717 g/mol. The van der Waals surface area contributed by atoms with Gasteiger partial charge in [-0.1, -0.05) is 51.1 Å². The maximum absolute atomic E-state index is 14.8. The molecule has 0 aliphatic carbocycles. The molecule has 1 aromatic heterocycles. The zero-order valence-corrected chi connectivity index (χ0v) is 28.9. The minimum Gasteiger partial charge on any atom is -0.493 e. The summed E-state index contributed by atoms with van der Waals surface area (Å²) in [6.07, 6.45) is -2.56. The molecule has 0 spiro atoms. The summed E-state index contributed by atoms with van der Waals surface area (Å²) in [7, 11) is 4.41. The molecule has 0 aliphatic rings. The van der Waals surface area contributed by atoms with Gasteiger partial charge in [-0.15, -0.1) is 0 Å². The Hall–Kier alpha value is -5.00. The first kappa shape index (κ1) is 37.3. The van der Waals surface area contributed by atoms with Crippen LogP contribution in [0.2, 0.25) is 0 Å². The fourth-order valence-electron chi connectivity index (χ4n) is 5.95. The second-order valence-corrected chi connectivity index (χ2v) is 13.0. The summed E-state index contributed by atoms with van der Waals surface area (Å²) in [4.78, 5) is 0. The van der Waals surface area contributed by atoms with E-state index >= 15 is 0 Å². The number of rotatable bonds is 11. The highest BCUT2D eigenvalue weighted by molar-refractivity contribution is 5.87. The number of aryl methyl sites for hydroxylation is 2. The van der Waals surface area contributed by atoms with Gasteiger partial charge >= 0.3 is 6.18 Å². The standard InChI is InChI=1S/C39H37F7NO4/c1-38(2,3)25-13-10-22(11-14-25)12-15-28-26-19-31(50-6)30(49-5)18-23(26)16-17-47(28)20-24-8-7-9-29(48-4)37(24)51-21-27-33(40)35(42)32(39(44,45)46)36(43)34(27)41/h7-11,13-14,16-19H,12,15,20-21H2,1-6H3/q+1. The van der Waals surface area contributed by atoms with Gasteiger partial charge in [0.05, 0.1) is 37.8 Å². The predicted octanol–water partition coefficient (Wildman–Crippen LogP) is 9.44. The summed E-state index contributed by atoms with van der Waals surface area (Å²) in [5.74, 6) is -8.37. The summed E-state index contributed by atoms with van der Waals surface area (Å²) in [5.41, 5.74) is -0.343. The normalized spacial score (nSPS) is 11.9. The molecular formula is C39H37F7NO4+. The molecule has 5 rings (SSSR count).